The molecule has 0 aliphatic heterocycles. The second kappa shape index (κ2) is 4.96. The number of ketones is 1. The van der Waals surface area contributed by atoms with E-state index in [4.69, 9.17) is 4.74 Å². The van der Waals surface area contributed by atoms with Gasteiger partial charge in [-0.15, -0.1) is 0 Å². The van der Waals surface area contributed by atoms with Gasteiger partial charge in [0.05, 0.1) is 0 Å². The zero-order valence-corrected chi connectivity index (χ0v) is 9.83. The summed E-state index contributed by atoms with van der Waals surface area (Å²) < 4.78 is 5.60. The molecule has 0 heterocycles. The lowest BCUT2D eigenvalue weighted by atomic mass is 10.1. The molecule has 0 spiro atoms. The molecule has 0 saturated heterocycles. The summed E-state index contributed by atoms with van der Waals surface area (Å²) in [5, 5.41) is 0. The number of hydrogen-bond acceptors (Lipinski definition) is 2. The number of Topliss-reactive ketones (excluding diaryl/α,β-unsaturated/α-hetero) is 1. The van der Waals surface area contributed by atoms with Gasteiger partial charge < -0.3 is 4.74 Å². The number of ether oxygens (including phenoxy) is 1. The third-order valence-electron chi connectivity index (χ3n) is 2.44. The summed E-state index contributed by atoms with van der Waals surface area (Å²) >= 11 is 0. The number of aryl methyl sites for hydroxylation is 2. The number of rotatable bonds is 4. The fourth-order valence-electron chi connectivity index (χ4n) is 1.48. The Kier molecular flexibility index (Phi) is 3.89. The zero-order valence-electron chi connectivity index (χ0n) is 9.83. The predicted octanol–water partition coefficient (Wildman–Crippen LogP) is 3.05. The van der Waals surface area contributed by atoms with E-state index in [9.17, 15) is 4.79 Å². The van der Waals surface area contributed by atoms with Crippen LogP contribution in [0.1, 0.15) is 31.4 Å². The van der Waals surface area contributed by atoms with Gasteiger partial charge in [0.25, 0.3) is 0 Å². The van der Waals surface area contributed by atoms with E-state index in [1.165, 1.54) is 5.56 Å². The molecule has 1 unspecified atom stereocenters. The van der Waals surface area contributed by atoms with Crippen LogP contribution in [-0.2, 0) is 4.79 Å². The summed E-state index contributed by atoms with van der Waals surface area (Å²) in [6.45, 7) is 7.68. The third-order valence-corrected chi connectivity index (χ3v) is 2.44. The molecule has 15 heavy (non-hydrogen) atoms. The molecule has 0 aliphatic carbocycles. The minimum atomic E-state index is -0.351. The summed E-state index contributed by atoms with van der Waals surface area (Å²) in [5.41, 5.74) is 2.28. The van der Waals surface area contributed by atoms with Crippen LogP contribution in [0.4, 0.5) is 0 Å². The minimum Gasteiger partial charge on any atom is -0.483 e. The fraction of sp³-hybridized carbons (Fsp3) is 0.462. The molecule has 2 nitrogen and oxygen atoms in total. The van der Waals surface area contributed by atoms with Gasteiger partial charge in [-0.3, -0.25) is 4.79 Å². The van der Waals surface area contributed by atoms with Crippen molar-refractivity contribution in [3.05, 3.63) is 29.3 Å². The molecule has 0 bridgehead atoms. The van der Waals surface area contributed by atoms with Crippen molar-refractivity contribution in [1.29, 1.82) is 0 Å². The maximum atomic E-state index is 11.4. The van der Waals surface area contributed by atoms with Crippen LogP contribution in [0.5, 0.6) is 5.75 Å². The standard InChI is InChI=1S/C13H18O2/c1-5-12(14)11(4)15-13-7-6-9(2)8-10(13)3/h6-8,11H,5H2,1-4H3. The van der Waals surface area contributed by atoms with E-state index in [0.29, 0.717) is 6.42 Å². The van der Waals surface area contributed by atoms with Crippen molar-refractivity contribution in [3.8, 4) is 5.75 Å². The first-order valence-electron chi connectivity index (χ1n) is 5.31. The lowest BCUT2D eigenvalue weighted by molar-refractivity contribution is -0.124. The monoisotopic (exact) mass is 206 g/mol. The Bertz CT molecular complexity index is 356. The van der Waals surface area contributed by atoms with Gasteiger partial charge in [0.2, 0.25) is 0 Å². The summed E-state index contributed by atoms with van der Waals surface area (Å²) in [6, 6.07) is 5.97. The van der Waals surface area contributed by atoms with Crippen LogP contribution in [0, 0.1) is 13.8 Å². The van der Waals surface area contributed by atoms with E-state index in [1.54, 1.807) is 6.92 Å². The van der Waals surface area contributed by atoms with Crippen molar-refractivity contribution >= 4 is 5.78 Å². The second-order valence-electron chi connectivity index (χ2n) is 3.85. The molecular formula is C13H18O2. The summed E-state index contributed by atoms with van der Waals surface area (Å²) in [6.07, 6.45) is 0.169. The molecule has 0 N–H and O–H groups in total. The van der Waals surface area contributed by atoms with Crippen molar-refractivity contribution < 1.29 is 9.53 Å². The average Bonchev–Trinajstić information content (AvgIpc) is 2.20. The second-order valence-corrected chi connectivity index (χ2v) is 3.85. The number of hydrogen-bond donors (Lipinski definition) is 0. The van der Waals surface area contributed by atoms with Crippen molar-refractivity contribution in [1.82, 2.24) is 0 Å². The molecule has 0 aliphatic rings. The number of carbonyl (C=O) groups is 1. The van der Waals surface area contributed by atoms with E-state index in [1.807, 2.05) is 32.9 Å². The molecule has 1 aromatic carbocycles. The smallest absolute Gasteiger partial charge is 0.172 e. The first-order valence-corrected chi connectivity index (χ1v) is 5.31. The van der Waals surface area contributed by atoms with Gasteiger partial charge in [0.1, 0.15) is 5.75 Å². The molecule has 0 aromatic heterocycles. The van der Waals surface area contributed by atoms with Crippen molar-refractivity contribution in [2.24, 2.45) is 0 Å². The van der Waals surface area contributed by atoms with E-state index in [0.717, 1.165) is 11.3 Å². The molecule has 0 radical (unpaired) electrons. The van der Waals surface area contributed by atoms with Crippen molar-refractivity contribution in [2.75, 3.05) is 0 Å². The van der Waals surface area contributed by atoms with E-state index in [2.05, 4.69) is 6.07 Å². The highest BCUT2D eigenvalue weighted by Crippen LogP contribution is 2.20. The molecule has 1 rings (SSSR count). The Balaban J connectivity index is 2.76. The number of benzene rings is 1. The normalized spacial score (nSPS) is 12.3. The van der Waals surface area contributed by atoms with Crippen LogP contribution in [0.25, 0.3) is 0 Å². The SMILES string of the molecule is CCC(=O)C(C)Oc1ccc(C)cc1C. The quantitative estimate of drug-likeness (QED) is 0.756. The largest absolute Gasteiger partial charge is 0.483 e. The van der Waals surface area contributed by atoms with Gasteiger partial charge in [-0.25, -0.2) is 0 Å². The highest BCUT2D eigenvalue weighted by molar-refractivity contribution is 5.82. The molecule has 1 atom stereocenters. The lowest BCUT2D eigenvalue weighted by Crippen LogP contribution is -2.23. The lowest BCUT2D eigenvalue weighted by Gasteiger charge is -2.15. The Morgan fingerprint density at radius 3 is 2.60 bits per heavy atom. The fourth-order valence-corrected chi connectivity index (χ4v) is 1.48. The molecule has 82 valence electrons. The van der Waals surface area contributed by atoms with Gasteiger partial charge >= 0.3 is 0 Å². The predicted molar refractivity (Wildman–Crippen MR) is 61.3 cm³/mol. The Labute approximate surface area is 91.3 Å². The van der Waals surface area contributed by atoms with Crippen LogP contribution < -0.4 is 4.74 Å². The Morgan fingerprint density at radius 2 is 2.07 bits per heavy atom. The molecule has 0 fully saturated rings. The molecule has 0 saturated carbocycles. The summed E-state index contributed by atoms with van der Waals surface area (Å²) in [5.74, 6) is 0.935. The van der Waals surface area contributed by atoms with Crippen molar-refractivity contribution in [2.45, 2.75) is 40.2 Å². The highest BCUT2D eigenvalue weighted by Gasteiger charge is 2.13. The van der Waals surface area contributed by atoms with Crippen LogP contribution in [0.3, 0.4) is 0 Å². The minimum absolute atomic E-state index is 0.134. The van der Waals surface area contributed by atoms with Crippen LogP contribution in [0.15, 0.2) is 18.2 Å². The van der Waals surface area contributed by atoms with Crippen molar-refractivity contribution in [3.63, 3.8) is 0 Å². The molecule has 0 amide bonds. The maximum Gasteiger partial charge on any atom is 0.172 e. The van der Waals surface area contributed by atoms with Gasteiger partial charge in [-0.2, -0.15) is 0 Å². The average molecular weight is 206 g/mol. The van der Waals surface area contributed by atoms with Gasteiger partial charge in [-0.1, -0.05) is 24.6 Å². The highest BCUT2D eigenvalue weighted by atomic mass is 16.5. The topological polar surface area (TPSA) is 26.3 Å². The van der Waals surface area contributed by atoms with Crippen LogP contribution in [0.2, 0.25) is 0 Å². The zero-order chi connectivity index (χ0) is 11.4. The van der Waals surface area contributed by atoms with Gasteiger partial charge in [-0.05, 0) is 32.4 Å². The van der Waals surface area contributed by atoms with E-state index < -0.39 is 0 Å². The summed E-state index contributed by atoms with van der Waals surface area (Å²) in [7, 11) is 0. The Morgan fingerprint density at radius 1 is 1.40 bits per heavy atom. The molecule has 2 heteroatoms. The van der Waals surface area contributed by atoms with Crippen LogP contribution >= 0.6 is 0 Å². The molecular weight excluding hydrogens is 188 g/mol. The van der Waals surface area contributed by atoms with Crippen LogP contribution in [-0.4, -0.2) is 11.9 Å². The van der Waals surface area contributed by atoms with Gasteiger partial charge in [0.15, 0.2) is 11.9 Å². The van der Waals surface area contributed by atoms with Gasteiger partial charge in [0, 0.05) is 6.42 Å². The third kappa shape index (κ3) is 3.08. The first kappa shape index (κ1) is 11.8. The Hall–Kier alpha value is -1.31. The number of carbonyl (C=O) groups excluding carboxylic acids is 1. The summed E-state index contributed by atoms with van der Waals surface area (Å²) in [4.78, 5) is 11.4. The first-order chi connectivity index (χ1) is 7.04. The maximum absolute atomic E-state index is 11.4. The van der Waals surface area contributed by atoms with E-state index >= 15 is 0 Å². The van der Waals surface area contributed by atoms with E-state index in [-0.39, 0.29) is 11.9 Å². The molecule has 1 aromatic rings.